The van der Waals surface area contributed by atoms with Gasteiger partial charge < -0.3 is 14.6 Å². The van der Waals surface area contributed by atoms with Crippen molar-refractivity contribution in [1.29, 1.82) is 0 Å². The molecule has 0 radical (unpaired) electrons. The second-order valence-corrected chi connectivity index (χ2v) is 10.5. The first kappa shape index (κ1) is 29.8. The second-order valence-electron chi connectivity index (χ2n) is 10.5. The Balaban J connectivity index is 1.56. The topological polar surface area (TPSA) is 132 Å². The molecule has 5 rings (SSSR count). The van der Waals surface area contributed by atoms with Gasteiger partial charge in [0.25, 0.3) is 5.91 Å². The minimum absolute atomic E-state index is 0.0573. The average Bonchev–Trinajstić information content (AvgIpc) is 3.43. The Bertz CT molecular complexity index is 1480. The van der Waals surface area contributed by atoms with Crippen molar-refractivity contribution in [2.45, 2.75) is 43.7 Å². The smallest absolute Gasteiger partial charge is 0.266 e. The molecule has 2 atom stereocenters. The summed E-state index contributed by atoms with van der Waals surface area (Å²) in [6, 6.07) is 24.3. The number of nitrogens with one attached hydrogen (secondary N) is 1. The SMILES string of the molecule is [N-]=[N+]=Nc1ccccc1[C@@H]1OC(c2ccc(OCCCO)cc2)=N[C@]1(C/C=C/c1ccccc1)C(=O)NN1CCCCC1. The van der Waals surface area contributed by atoms with E-state index in [9.17, 15) is 10.3 Å². The number of hydrogen-bond donors (Lipinski definition) is 2. The van der Waals surface area contributed by atoms with Gasteiger partial charge >= 0.3 is 0 Å². The van der Waals surface area contributed by atoms with E-state index in [0.717, 1.165) is 37.9 Å². The lowest BCUT2D eigenvalue weighted by molar-refractivity contribution is -0.134. The zero-order valence-electron chi connectivity index (χ0n) is 24.0. The van der Waals surface area contributed by atoms with Crippen molar-refractivity contribution in [2.75, 3.05) is 26.3 Å². The normalized spacial score (nSPS) is 20.2. The number of piperidine rings is 1. The lowest BCUT2D eigenvalue weighted by atomic mass is 9.83. The molecule has 0 spiro atoms. The number of carbonyl (C=O) groups is 1. The van der Waals surface area contributed by atoms with E-state index in [1.165, 1.54) is 0 Å². The number of aliphatic hydroxyl groups excluding tert-OH is 1. The van der Waals surface area contributed by atoms with Gasteiger partial charge in [0.15, 0.2) is 11.6 Å². The standard InChI is InChI=1S/C33H36N6O4/c34-38-36-29-15-6-5-14-28(29)30-33(20-9-13-25-11-3-1-4-12-25,32(41)37-39-21-7-2-8-22-39)35-31(43-30)26-16-18-27(19-17-26)42-24-10-23-40/h1,3-6,9,11-19,30,40H,2,7-8,10,20-24H2,(H,37,41)/b13-9+/t30-,33-/m0/s1. The average molecular weight is 581 g/mol. The molecule has 0 unspecified atom stereocenters. The third kappa shape index (κ3) is 7.24. The van der Waals surface area contributed by atoms with E-state index in [4.69, 9.17) is 19.6 Å². The zero-order chi connectivity index (χ0) is 29.9. The number of rotatable bonds is 12. The highest BCUT2D eigenvalue weighted by molar-refractivity contribution is 6.01. The van der Waals surface area contributed by atoms with E-state index in [1.807, 2.05) is 83.9 Å². The Hall–Kier alpha value is -4.63. The Morgan fingerprint density at radius 2 is 1.84 bits per heavy atom. The minimum Gasteiger partial charge on any atom is -0.494 e. The first-order valence-electron chi connectivity index (χ1n) is 14.7. The van der Waals surface area contributed by atoms with Gasteiger partial charge in [0.05, 0.1) is 6.61 Å². The van der Waals surface area contributed by atoms with Crippen LogP contribution in [0.1, 0.15) is 54.9 Å². The van der Waals surface area contributed by atoms with E-state index in [2.05, 4.69) is 15.5 Å². The van der Waals surface area contributed by atoms with Crippen LogP contribution in [0.2, 0.25) is 0 Å². The second kappa shape index (κ2) is 14.5. The summed E-state index contributed by atoms with van der Waals surface area (Å²) in [5, 5.41) is 14.9. The van der Waals surface area contributed by atoms with Gasteiger partial charge in [-0.1, -0.05) is 78.3 Å². The molecule has 1 saturated heterocycles. The molecule has 10 nitrogen and oxygen atoms in total. The summed E-state index contributed by atoms with van der Waals surface area (Å²) in [5.74, 6) is 0.678. The van der Waals surface area contributed by atoms with Gasteiger partial charge in [0.2, 0.25) is 5.90 Å². The van der Waals surface area contributed by atoms with E-state index in [1.54, 1.807) is 12.1 Å². The van der Waals surface area contributed by atoms with Crippen molar-refractivity contribution in [3.8, 4) is 5.75 Å². The van der Waals surface area contributed by atoms with Crippen LogP contribution < -0.4 is 10.2 Å². The number of benzene rings is 3. The summed E-state index contributed by atoms with van der Waals surface area (Å²) in [4.78, 5) is 22.5. The molecule has 0 saturated carbocycles. The van der Waals surface area contributed by atoms with Gasteiger partial charge in [0, 0.05) is 54.3 Å². The summed E-state index contributed by atoms with van der Waals surface area (Å²) >= 11 is 0. The zero-order valence-corrected chi connectivity index (χ0v) is 24.0. The molecule has 10 heteroatoms. The molecule has 2 aliphatic heterocycles. The van der Waals surface area contributed by atoms with Gasteiger partial charge in [-0.05, 0) is 48.2 Å². The van der Waals surface area contributed by atoms with Crippen LogP contribution in [-0.4, -0.2) is 53.8 Å². The minimum atomic E-state index is -1.39. The summed E-state index contributed by atoms with van der Waals surface area (Å²) in [7, 11) is 0. The molecular weight excluding hydrogens is 544 g/mol. The fourth-order valence-corrected chi connectivity index (χ4v) is 5.33. The van der Waals surface area contributed by atoms with Crippen molar-refractivity contribution in [3.63, 3.8) is 0 Å². The van der Waals surface area contributed by atoms with Crippen molar-refractivity contribution in [3.05, 3.63) is 112 Å². The molecule has 1 fully saturated rings. The number of hydrazine groups is 1. The number of nitrogens with zero attached hydrogens (tertiary/aromatic N) is 5. The van der Waals surface area contributed by atoms with E-state index >= 15 is 0 Å². The van der Waals surface area contributed by atoms with Gasteiger partial charge in [-0.25, -0.2) is 10.0 Å². The van der Waals surface area contributed by atoms with Crippen LogP contribution in [0.15, 0.2) is 95.0 Å². The number of hydrogen-bond acceptors (Lipinski definition) is 7. The van der Waals surface area contributed by atoms with Crippen molar-refractivity contribution in [1.82, 2.24) is 10.4 Å². The molecule has 3 aromatic carbocycles. The van der Waals surface area contributed by atoms with Crippen LogP contribution in [0.4, 0.5) is 5.69 Å². The number of aliphatic hydroxyl groups is 1. The molecule has 1 amide bonds. The molecule has 43 heavy (non-hydrogen) atoms. The van der Waals surface area contributed by atoms with Crippen LogP contribution in [0.3, 0.4) is 0 Å². The molecular formula is C33H36N6O4. The lowest BCUT2D eigenvalue weighted by Crippen LogP contribution is -2.55. The van der Waals surface area contributed by atoms with Gasteiger partial charge in [-0.15, -0.1) is 0 Å². The Morgan fingerprint density at radius 3 is 2.58 bits per heavy atom. The lowest BCUT2D eigenvalue weighted by Gasteiger charge is -2.34. The predicted octanol–water partition coefficient (Wildman–Crippen LogP) is 6.27. The van der Waals surface area contributed by atoms with Crippen LogP contribution in [-0.2, 0) is 9.53 Å². The van der Waals surface area contributed by atoms with Crippen LogP contribution in [0, 0.1) is 0 Å². The van der Waals surface area contributed by atoms with Gasteiger partial charge in [-0.3, -0.25) is 10.2 Å². The first-order valence-corrected chi connectivity index (χ1v) is 14.7. The molecule has 0 bridgehead atoms. The highest BCUT2D eigenvalue weighted by Crippen LogP contribution is 2.45. The van der Waals surface area contributed by atoms with Crippen molar-refractivity contribution in [2.24, 2.45) is 10.1 Å². The predicted molar refractivity (Wildman–Crippen MR) is 166 cm³/mol. The van der Waals surface area contributed by atoms with E-state index < -0.39 is 11.6 Å². The fourth-order valence-electron chi connectivity index (χ4n) is 5.33. The number of ether oxygens (including phenoxy) is 2. The van der Waals surface area contributed by atoms with E-state index in [-0.39, 0.29) is 18.9 Å². The number of amides is 1. The highest BCUT2D eigenvalue weighted by atomic mass is 16.5. The number of carbonyl (C=O) groups excluding carboxylic acids is 1. The Morgan fingerprint density at radius 1 is 1.09 bits per heavy atom. The maximum absolute atomic E-state index is 14.4. The summed E-state index contributed by atoms with van der Waals surface area (Å²) in [6.07, 6.45) is 6.96. The Labute approximate surface area is 251 Å². The van der Waals surface area contributed by atoms with E-state index in [0.29, 0.717) is 41.5 Å². The van der Waals surface area contributed by atoms with Crippen LogP contribution >= 0.6 is 0 Å². The first-order chi connectivity index (χ1) is 21.1. The van der Waals surface area contributed by atoms with Crippen LogP contribution in [0.5, 0.6) is 5.75 Å². The highest BCUT2D eigenvalue weighted by Gasteiger charge is 2.53. The monoisotopic (exact) mass is 580 g/mol. The summed E-state index contributed by atoms with van der Waals surface area (Å²) in [5.41, 5.74) is 13.7. The van der Waals surface area contributed by atoms with Crippen LogP contribution in [0.25, 0.3) is 16.5 Å². The summed E-state index contributed by atoms with van der Waals surface area (Å²) < 4.78 is 12.3. The van der Waals surface area contributed by atoms with Crippen molar-refractivity contribution < 1.29 is 19.4 Å². The molecule has 0 aliphatic carbocycles. The third-order valence-corrected chi connectivity index (χ3v) is 7.56. The molecule has 2 heterocycles. The number of aliphatic imine (C=N–C) groups is 1. The van der Waals surface area contributed by atoms with Crippen molar-refractivity contribution >= 4 is 23.6 Å². The Kier molecular flexibility index (Phi) is 10.1. The number of azide groups is 1. The molecule has 2 N–H and O–H groups in total. The quantitative estimate of drug-likeness (QED) is 0.113. The molecule has 3 aromatic rings. The molecule has 0 aromatic heterocycles. The molecule has 2 aliphatic rings. The van der Waals surface area contributed by atoms with Gasteiger partial charge in [0.1, 0.15) is 5.75 Å². The maximum atomic E-state index is 14.4. The summed E-state index contributed by atoms with van der Waals surface area (Å²) in [6.45, 7) is 1.98. The fraction of sp³-hybridized carbons (Fsp3) is 0.333. The maximum Gasteiger partial charge on any atom is 0.266 e. The largest absolute Gasteiger partial charge is 0.494 e. The van der Waals surface area contributed by atoms with Gasteiger partial charge in [-0.2, -0.15) is 0 Å². The third-order valence-electron chi connectivity index (χ3n) is 7.56. The molecule has 222 valence electrons.